The summed E-state index contributed by atoms with van der Waals surface area (Å²) >= 11 is 6.19. The maximum atomic E-state index is 8.86. The fraction of sp³-hybridized carbons (Fsp3) is 0.238. The normalized spacial score (nSPS) is 15.9. The Labute approximate surface area is 179 Å². The van der Waals surface area contributed by atoms with E-state index in [1.165, 1.54) is 12.4 Å². The van der Waals surface area contributed by atoms with Gasteiger partial charge in [0.2, 0.25) is 0 Å². The number of aromatic nitrogens is 3. The highest BCUT2D eigenvalue weighted by Gasteiger charge is 2.15. The lowest BCUT2D eigenvalue weighted by Crippen LogP contribution is -2.42. The summed E-state index contributed by atoms with van der Waals surface area (Å²) in [6.07, 6.45) is 4.78. The molecule has 3 heterocycles. The summed E-state index contributed by atoms with van der Waals surface area (Å²) in [5.41, 5.74) is 3.04. The molecule has 1 aliphatic rings. The number of ether oxygens (including phenoxy) is 1. The zero-order valence-corrected chi connectivity index (χ0v) is 16.9. The molecule has 1 aliphatic heterocycles. The monoisotopic (exact) mass is 421 g/mol. The Morgan fingerprint density at radius 1 is 1.17 bits per heavy atom. The minimum absolute atomic E-state index is 0.0833. The highest BCUT2D eigenvalue weighted by molar-refractivity contribution is 6.30. The average molecular weight is 422 g/mol. The standard InChI is InChI=1S/C21H20ClN7O/c22-15-3-1-2-14(6-15)18-12-28-20(29-21-13-25-16(8-23)9-27-21)7-19(18)26-11-17-10-24-4-5-30-17/h1-3,6-7,9,12-13,17,24H,4-5,10-11H2,(H2,26,27,28,29)/t17-/m1/s1. The van der Waals surface area contributed by atoms with Gasteiger partial charge in [-0.25, -0.2) is 15.0 Å². The van der Waals surface area contributed by atoms with E-state index >= 15 is 0 Å². The summed E-state index contributed by atoms with van der Waals surface area (Å²) < 4.78 is 5.79. The molecule has 0 bridgehead atoms. The van der Waals surface area contributed by atoms with E-state index in [1.807, 2.05) is 36.4 Å². The van der Waals surface area contributed by atoms with Gasteiger partial charge in [0.25, 0.3) is 0 Å². The summed E-state index contributed by atoms with van der Waals surface area (Å²) in [5.74, 6) is 1.10. The first-order valence-electron chi connectivity index (χ1n) is 9.52. The van der Waals surface area contributed by atoms with Crippen molar-refractivity contribution in [3.05, 3.63) is 59.6 Å². The largest absolute Gasteiger partial charge is 0.382 e. The molecule has 8 nitrogen and oxygen atoms in total. The molecule has 1 aromatic carbocycles. The second-order valence-electron chi connectivity index (χ2n) is 6.73. The Morgan fingerprint density at radius 3 is 2.80 bits per heavy atom. The summed E-state index contributed by atoms with van der Waals surface area (Å²) in [7, 11) is 0. The molecule has 9 heteroatoms. The van der Waals surface area contributed by atoms with Crippen LogP contribution in [0.1, 0.15) is 5.69 Å². The number of morpholine rings is 1. The first-order valence-corrected chi connectivity index (χ1v) is 9.90. The lowest BCUT2D eigenvalue weighted by Gasteiger charge is -2.25. The average Bonchev–Trinajstić information content (AvgIpc) is 2.79. The molecule has 1 atom stereocenters. The van der Waals surface area contributed by atoms with E-state index < -0.39 is 0 Å². The Bertz CT molecular complexity index is 1050. The van der Waals surface area contributed by atoms with Gasteiger partial charge in [-0.3, -0.25) is 0 Å². The highest BCUT2D eigenvalue weighted by atomic mass is 35.5. The van der Waals surface area contributed by atoms with Gasteiger partial charge in [0.1, 0.15) is 17.7 Å². The quantitative estimate of drug-likeness (QED) is 0.556. The maximum absolute atomic E-state index is 8.86. The molecule has 1 fully saturated rings. The van der Waals surface area contributed by atoms with Crippen LogP contribution in [0.4, 0.5) is 17.3 Å². The van der Waals surface area contributed by atoms with E-state index in [9.17, 15) is 0 Å². The van der Waals surface area contributed by atoms with Gasteiger partial charge in [-0.1, -0.05) is 23.7 Å². The van der Waals surface area contributed by atoms with E-state index in [2.05, 4.69) is 30.9 Å². The lowest BCUT2D eigenvalue weighted by molar-refractivity contribution is 0.0372. The predicted octanol–water partition coefficient (Wildman–Crippen LogP) is 3.21. The number of benzene rings is 1. The SMILES string of the molecule is N#Cc1cnc(Nc2cc(NC[C@H]3CNCCO3)c(-c3cccc(Cl)c3)cn2)cn1. The van der Waals surface area contributed by atoms with Crippen LogP contribution in [0.2, 0.25) is 5.02 Å². The Kier molecular flexibility index (Phi) is 6.35. The number of nitrogens with one attached hydrogen (secondary N) is 3. The number of rotatable bonds is 6. The Balaban J connectivity index is 1.59. The van der Waals surface area contributed by atoms with Gasteiger partial charge in [0.15, 0.2) is 5.69 Å². The fourth-order valence-corrected chi connectivity index (χ4v) is 3.30. The second kappa shape index (κ2) is 9.50. The smallest absolute Gasteiger partial charge is 0.158 e. The molecule has 0 radical (unpaired) electrons. The number of nitrogens with zero attached hydrogens (tertiary/aromatic N) is 4. The predicted molar refractivity (Wildman–Crippen MR) is 116 cm³/mol. The van der Waals surface area contributed by atoms with Crippen LogP contribution in [-0.4, -0.2) is 47.3 Å². The van der Waals surface area contributed by atoms with Gasteiger partial charge in [-0.05, 0) is 17.7 Å². The summed E-state index contributed by atoms with van der Waals surface area (Å²) in [4.78, 5) is 12.7. The first kappa shape index (κ1) is 20.0. The third-order valence-electron chi connectivity index (χ3n) is 4.59. The van der Waals surface area contributed by atoms with Crippen molar-refractivity contribution in [1.29, 1.82) is 5.26 Å². The van der Waals surface area contributed by atoms with Crippen molar-refractivity contribution >= 4 is 28.9 Å². The molecule has 0 unspecified atom stereocenters. The Morgan fingerprint density at radius 2 is 2.07 bits per heavy atom. The molecule has 1 saturated heterocycles. The van der Waals surface area contributed by atoms with E-state index in [0.29, 0.717) is 29.8 Å². The van der Waals surface area contributed by atoms with Crippen molar-refractivity contribution in [3.8, 4) is 17.2 Å². The number of hydrogen-bond donors (Lipinski definition) is 3. The van der Waals surface area contributed by atoms with Crippen molar-refractivity contribution in [2.24, 2.45) is 0 Å². The van der Waals surface area contributed by atoms with Crippen LogP contribution in [0.25, 0.3) is 11.1 Å². The van der Waals surface area contributed by atoms with E-state index in [-0.39, 0.29) is 11.8 Å². The van der Waals surface area contributed by atoms with Crippen molar-refractivity contribution in [3.63, 3.8) is 0 Å². The molecular weight excluding hydrogens is 402 g/mol. The highest BCUT2D eigenvalue weighted by Crippen LogP contribution is 2.31. The minimum atomic E-state index is 0.0833. The van der Waals surface area contributed by atoms with Gasteiger partial charge in [-0.2, -0.15) is 5.26 Å². The first-order chi connectivity index (χ1) is 14.7. The van der Waals surface area contributed by atoms with Gasteiger partial charge in [-0.15, -0.1) is 0 Å². The van der Waals surface area contributed by atoms with E-state index in [0.717, 1.165) is 29.9 Å². The van der Waals surface area contributed by atoms with Gasteiger partial charge in [0, 0.05) is 48.2 Å². The number of nitriles is 1. The molecule has 0 amide bonds. The lowest BCUT2D eigenvalue weighted by atomic mass is 10.1. The maximum Gasteiger partial charge on any atom is 0.158 e. The van der Waals surface area contributed by atoms with Crippen LogP contribution in [0, 0.1) is 11.3 Å². The number of anilines is 3. The van der Waals surface area contributed by atoms with Crippen LogP contribution >= 0.6 is 11.6 Å². The van der Waals surface area contributed by atoms with Crippen LogP contribution in [-0.2, 0) is 4.74 Å². The summed E-state index contributed by atoms with van der Waals surface area (Å²) in [6.45, 7) is 3.03. The van der Waals surface area contributed by atoms with Gasteiger partial charge < -0.3 is 20.7 Å². The van der Waals surface area contributed by atoms with Crippen LogP contribution in [0.3, 0.4) is 0 Å². The van der Waals surface area contributed by atoms with Crippen LogP contribution < -0.4 is 16.0 Å². The van der Waals surface area contributed by atoms with Crippen LogP contribution in [0.5, 0.6) is 0 Å². The van der Waals surface area contributed by atoms with E-state index in [4.69, 9.17) is 21.6 Å². The third-order valence-corrected chi connectivity index (χ3v) is 4.82. The third kappa shape index (κ3) is 5.02. The Hall–Kier alpha value is -3.25. The summed E-state index contributed by atoms with van der Waals surface area (Å²) in [6, 6.07) is 11.5. The fourth-order valence-electron chi connectivity index (χ4n) is 3.11. The molecule has 3 N–H and O–H groups in total. The molecular formula is C21H20ClN7O. The number of halogens is 1. The topological polar surface area (TPSA) is 108 Å². The number of pyridine rings is 1. The van der Waals surface area contributed by atoms with Crippen molar-refractivity contribution in [1.82, 2.24) is 20.3 Å². The van der Waals surface area contributed by atoms with Gasteiger partial charge in [0.05, 0.1) is 25.1 Å². The second-order valence-corrected chi connectivity index (χ2v) is 7.16. The molecule has 0 aliphatic carbocycles. The zero-order valence-electron chi connectivity index (χ0n) is 16.1. The van der Waals surface area contributed by atoms with E-state index in [1.54, 1.807) is 6.20 Å². The number of hydrogen-bond acceptors (Lipinski definition) is 8. The molecule has 3 aromatic rings. The molecule has 4 rings (SSSR count). The molecule has 152 valence electrons. The summed E-state index contributed by atoms with van der Waals surface area (Å²) in [5, 5.41) is 19.5. The molecule has 0 saturated carbocycles. The van der Waals surface area contributed by atoms with Crippen molar-refractivity contribution in [2.75, 3.05) is 36.9 Å². The molecule has 0 spiro atoms. The zero-order chi connectivity index (χ0) is 20.8. The molecule has 2 aromatic heterocycles. The van der Waals surface area contributed by atoms with Crippen molar-refractivity contribution < 1.29 is 4.74 Å². The van der Waals surface area contributed by atoms with Gasteiger partial charge >= 0.3 is 0 Å². The van der Waals surface area contributed by atoms with Crippen LogP contribution in [0.15, 0.2) is 48.9 Å². The minimum Gasteiger partial charge on any atom is -0.382 e. The molecule has 30 heavy (non-hydrogen) atoms. The van der Waals surface area contributed by atoms with Crippen molar-refractivity contribution in [2.45, 2.75) is 6.10 Å².